The largest absolute Gasteiger partial charge is 0.381 e. The van der Waals surface area contributed by atoms with Gasteiger partial charge in [0, 0.05) is 25.6 Å². The predicted octanol–water partition coefficient (Wildman–Crippen LogP) is 5.53. The second-order valence-corrected chi connectivity index (χ2v) is 9.19. The fourth-order valence-electron chi connectivity index (χ4n) is 5.38. The molecule has 0 spiro atoms. The van der Waals surface area contributed by atoms with E-state index >= 15 is 0 Å². The van der Waals surface area contributed by atoms with Crippen molar-refractivity contribution in [3.05, 3.63) is 95.1 Å². The third kappa shape index (κ3) is 4.13. The Morgan fingerprint density at radius 2 is 1.81 bits per heavy atom. The summed E-state index contributed by atoms with van der Waals surface area (Å²) in [5, 5.41) is 11.3. The molecule has 1 aliphatic heterocycles. The number of hydrogen-bond acceptors (Lipinski definition) is 3. The van der Waals surface area contributed by atoms with Gasteiger partial charge < -0.3 is 9.84 Å². The molecular weight excluding hydrogens is 394 g/mol. The molecule has 32 heavy (non-hydrogen) atoms. The summed E-state index contributed by atoms with van der Waals surface area (Å²) < 4.78 is 5.50. The molecule has 0 amide bonds. The summed E-state index contributed by atoms with van der Waals surface area (Å²) in [6, 6.07) is 17.2. The molecule has 2 unspecified atom stereocenters. The van der Waals surface area contributed by atoms with E-state index in [9.17, 15) is 5.11 Å². The summed E-state index contributed by atoms with van der Waals surface area (Å²) in [4.78, 5) is 2.50. The molecule has 1 fully saturated rings. The average Bonchev–Trinajstić information content (AvgIpc) is 3.18. The van der Waals surface area contributed by atoms with Crippen LogP contribution in [0.25, 0.3) is 11.1 Å². The lowest BCUT2D eigenvalue weighted by molar-refractivity contribution is 0.0390. The van der Waals surface area contributed by atoms with Crippen LogP contribution in [-0.4, -0.2) is 42.9 Å². The molecule has 0 radical (unpaired) electrons. The van der Waals surface area contributed by atoms with E-state index in [1.165, 1.54) is 27.8 Å². The summed E-state index contributed by atoms with van der Waals surface area (Å²) in [7, 11) is 0. The first kappa shape index (κ1) is 21.4. The van der Waals surface area contributed by atoms with Crippen LogP contribution >= 0.6 is 0 Å². The van der Waals surface area contributed by atoms with Crippen molar-refractivity contribution in [3.63, 3.8) is 0 Å². The van der Waals surface area contributed by atoms with Crippen LogP contribution in [0.1, 0.15) is 54.4 Å². The normalized spacial score (nSPS) is 26.1. The molecule has 1 saturated heterocycles. The summed E-state index contributed by atoms with van der Waals surface area (Å²) in [6.45, 7) is 6.95. The molecule has 1 N–H and O–H groups in total. The smallest absolute Gasteiger partial charge is 0.108 e. The highest BCUT2D eigenvalue weighted by Crippen LogP contribution is 2.43. The lowest BCUT2D eigenvalue weighted by Gasteiger charge is -2.33. The number of hydrogen-bond donors (Lipinski definition) is 1. The number of allylic oxidation sites excluding steroid dienone is 4. The topological polar surface area (TPSA) is 32.7 Å². The highest BCUT2D eigenvalue weighted by atomic mass is 16.5. The summed E-state index contributed by atoms with van der Waals surface area (Å²) >= 11 is 0. The van der Waals surface area contributed by atoms with E-state index in [1.807, 2.05) is 12.1 Å². The van der Waals surface area contributed by atoms with Crippen molar-refractivity contribution in [1.29, 1.82) is 0 Å². The second kappa shape index (κ2) is 9.19. The average molecular weight is 428 g/mol. The van der Waals surface area contributed by atoms with Crippen LogP contribution < -0.4 is 0 Å². The van der Waals surface area contributed by atoms with E-state index in [-0.39, 0.29) is 5.92 Å². The maximum atomic E-state index is 11.3. The molecular formula is C29H33NO2. The van der Waals surface area contributed by atoms with Gasteiger partial charge in [0.1, 0.15) is 5.60 Å². The number of ether oxygens (including phenoxy) is 1. The molecule has 0 aromatic heterocycles. The number of nitrogens with zero attached hydrogens (tertiary/aromatic N) is 1. The van der Waals surface area contributed by atoms with Gasteiger partial charge in [-0.05, 0) is 46.2 Å². The van der Waals surface area contributed by atoms with Gasteiger partial charge in [0.2, 0.25) is 0 Å². The van der Waals surface area contributed by atoms with Gasteiger partial charge in [0.25, 0.3) is 0 Å². The molecule has 2 aromatic rings. The van der Waals surface area contributed by atoms with E-state index < -0.39 is 5.60 Å². The molecule has 166 valence electrons. The molecule has 2 atom stereocenters. The van der Waals surface area contributed by atoms with Gasteiger partial charge in [-0.1, -0.05) is 86.2 Å². The van der Waals surface area contributed by atoms with Crippen LogP contribution in [0.5, 0.6) is 0 Å². The van der Waals surface area contributed by atoms with Crippen LogP contribution in [-0.2, 0) is 10.3 Å². The predicted molar refractivity (Wildman–Crippen MR) is 131 cm³/mol. The summed E-state index contributed by atoms with van der Waals surface area (Å²) in [6.07, 6.45) is 11.7. The zero-order valence-corrected chi connectivity index (χ0v) is 19.0. The Morgan fingerprint density at radius 1 is 1.06 bits per heavy atom. The fraction of sp³-hybridized carbons (Fsp3) is 0.379. The lowest BCUT2D eigenvalue weighted by Crippen LogP contribution is -2.36. The monoisotopic (exact) mass is 427 g/mol. The third-order valence-corrected chi connectivity index (χ3v) is 7.07. The van der Waals surface area contributed by atoms with Crippen LogP contribution in [0.3, 0.4) is 0 Å². The van der Waals surface area contributed by atoms with Gasteiger partial charge in [0.05, 0.1) is 13.2 Å². The quantitative estimate of drug-likeness (QED) is 0.615. The van der Waals surface area contributed by atoms with Gasteiger partial charge >= 0.3 is 0 Å². The Morgan fingerprint density at radius 3 is 2.62 bits per heavy atom. The van der Waals surface area contributed by atoms with Crippen LogP contribution in [0.4, 0.5) is 0 Å². The van der Waals surface area contributed by atoms with E-state index in [2.05, 4.69) is 72.5 Å². The zero-order chi connectivity index (χ0) is 22.0. The standard InChI is InChI=1S/C29H33NO2/c1-2-13-29(31)14-11-22(27-9-5-6-10-28(27)29)20-24-21-23(25-7-3-4-8-26(24)25)12-15-30-16-18-32-19-17-30/h3-11,14,20-22,31H,2,12-13,15-19H2,1H3/b24-20+. The molecule has 3 nitrogen and oxygen atoms in total. The fourth-order valence-corrected chi connectivity index (χ4v) is 5.38. The van der Waals surface area contributed by atoms with Gasteiger partial charge in [0.15, 0.2) is 0 Å². The molecule has 2 aromatic carbocycles. The van der Waals surface area contributed by atoms with Crippen molar-refractivity contribution in [2.24, 2.45) is 0 Å². The molecule has 0 bridgehead atoms. The number of aliphatic hydroxyl groups is 1. The Balaban J connectivity index is 1.45. The van der Waals surface area contributed by atoms with Crippen molar-refractivity contribution >= 4 is 11.1 Å². The van der Waals surface area contributed by atoms with Crippen molar-refractivity contribution in [3.8, 4) is 0 Å². The second-order valence-electron chi connectivity index (χ2n) is 9.19. The Bertz CT molecular complexity index is 1060. The van der Waals surface area contributed by atoms with Crippen LogP contribution in [0.2, 0.25) is 0 Å². The van der Waals surface area contributed by atoms with E-state index in [0.29, 0.717) is 0 Å². The van der Waals surface area contributed by atoms with Gasteiger partial charge in [-0.15, -0.1) is 0 Å². The van der Waals surface area contributed by atoms with E-state index in [4.69, 9.17) is 4.74 Å². The lowest BCUT2D eigenvalue weighted by atomic mass is 9.76. The number of benzene rings is 2. The highest BCUT2D eigenvalue weighted by molar-refractivity contribution is 5.96. The maximum Gasteiger partial charge on any atom is 0.108 e. The first-order chi connectivity index (χ1) is 15.7. The van der Waals surface area contributed by atoms with Crippen molar-refractivity contribution in [1.82, 2.24) is 4.90 Å². The Hall–Kier alpha value is -2.46. The summed E-state index contributed by atoms with van der Waals surface area (Å²) in [5.74, 6) is 0.168. The number of rotatable bonds is 6. The maximum absolute atomic E-state index is 11.3. The molecule has 3 aliphatic rings. The van der Waals surface area contributed by atoms with Crippen LogP contribution in [0, 0.1) is 0 Å². The minimum absolute atomic E-state index is 0.168. The highest BCUT2D eigenvalue weighted by Gasteiger charge is 2.33. The van der Waals surface area contributed by atoms with Gasteiger partial charge in [-0.25, -0.2) is 0 Å². The zero-order valence-electron chi connectivity index (χ0n) is 19.0. The molecule has 2 aliphatic carbocycles. The number of morpholine rings is 1. The molecule has 3 heteroatoms. The van der Waals surface area contributed by atoms with Gasteiger partial charge in [-0.3, -0.25) is 4.90 Å². The summed E-state index contributed by atoms with van der Waals surface area (Å²) in [5.41, 5.74) is 6.82. The molecule has 0 saturated carbocycles. The number of fused-ring (bicyclic) bond motifs is 2. The van der Waals surface area contributed by atoms with Crippen molar-refractivity contribution in [2.75, 3.05) is 32.8 Å². The minimum Gasteiger partial charge on any atom is -0.381 e. The Kier molecular flexibility index (Phi) is 6.14. The molecule has 5 rings (SSSR count). The van der Waals surface area contributed by atoms with E-state index in [1.54, 1.807) is 0 Å². The van der Waals surface area contributed by atoms with Gasteiger partial charge in [-0.2, -0.15) is 0 Å². The van der Waals surface area contributed by atoms with Crippen LogP contribution in [0.15, 0.2) is 72.8 Å². The van der Waals surface area contributed by atoms with E-state index in [0.717, 1.165) is 57.7 Å². The minimum atomic E-state index is -0.854. The molecule has 1 heterocycles. The third-order valence-electron chi connectivity index (χ3n) is 7.07. The van der Waals surface area contributed by atoms with Crippen molar-refractivity contribution in [2.45, 2.75) is 37.7 Å². The Labute approximate surface area is 191 Å². The van der Waals surface area contributed by atoms with Crippen molar-refractivity contribution < 1.29 is 9.84 Å². The first-order valence-electron chi connectivity index (χ1n) is 12.0. The SMILES string of the molecule is CCCC1(O)C=CC(/C=C2\C=C(CCN3CCOCC3)c3ccccc32)c2ccccc21. The first-order valence-corrected chi connectivity index (χ1v) is 12.0.